The Balaban J connectivity index is 1.86. The molecular weight excluding hydrogens is 344 g/mol. The van der Waals surface area contributed by atoms with E-state index < -0.39 is 18.0 Å². The zero-order valence-corrected chi connectivity index (χ0v) is 15.5. The van der Waals surface area contributed by atoms with Gasteiger partial charge in [0, 0.05) is 24.0 Å². The van der Waals surface area contributed by atoms with Crippen LogP contribution >= 0.6 is 0 Å². The van der Waals surface area contributed by atoms with Crippen LogP contribution in [-0.4, -0.2) is 27.9 Å². The van der Waals surface area contributed by atoms with E-state index in [1.165, 1.54) is 6.20 Å². The van der Waals surface area contributed by atoms with Crippen molar-refractivity contribution in [2.45, 2.75) is 27.3 Å². The van der Waals surface area contributed by atoms with E-state index in [9.17, 15) is 14.4 Å². The largest absolute Gasteiger partial charge is 0.454 e. The van der Waals surface area contributed by atoms with Crippen molar-refractivity contribution < 1.29 is 14.3 Å². The fourth-order valence-corrected chi connectivity index (χ4v) is 2.78. The summed E-state index contributed by atoms with van der Waals surface area (Å²) in [7, 11) is 0. The normalized spacial score (nSPS) is 10.8. The van der Waals surface area contributed by atoms with Crippen LogP contribution in [0, 0.1) is 13.8 Å². The molecule has 0 aliphatic heterocycles. The van der Waals surface area contributed by atoms with Crippen molar-refractivity contribution in [1.82, 2.24) is 9.55 Å². The number of aryl methyl sites for hydroxylation is 3. The van der Waals surface area contributed by atoms with Crippen LogP contribution in [-0.2, 0) is 11.3 Å². The van der Waals surface area contributed by atoms with Crippen LogP contribution in [0.4, 0.5) is 0 Å². The number of hydrogen-bond donors (Lipinski definition) is 0. The van der Waals surface area contributed by atoms with Gasteiger partial charge in [0.2, 0.25) is 5.43 Å². The van der Waals surface area contributed by atoms with Gasteiger partial charge in [-0.15, -0.1) is 0 Å². The third-order valence-electron chi connectivity index (χ3n) is 4.33. The second-order valence-electron chi connectivity index (χ2n) is 6.35. The molecular formula is C21H20N2O4. The maximum atomic E-state index is 12.7. The van der Waals surface area contributed by atoms with Gasteiger partial charge in [-0.2, -0.15) is 0 Å². The average molecular weight is 364 g/mol. The minimum Gasteiger partial charge on any atom is -0.454 e. The lowest BCUT2D eigenvalue weighted by atomic mass is 10.1. The van der Waals surface area contributed by atoms with Gasteiger partial charge in [0.25, 0.3) is 0 Å². The van der Waals surface area contributed by atoms with Crippen LogP contribution in [0.25, 0.3) is 11.0 Å². The molecule has 0 saturated carbocycles. The van der Waals surface area contributed by atoms with Gasteiger partial charge in [-0.25, -0.2) is 9.78 Å². The summed E-state index contributed by atoms with van der Waals surface area (Å²) in [6.07, 6.45) is 1.44. The number of Topliss-reactive ketones (excluding diaryl/α,β-unsaturated/α-hetero) is 1. The predicted molar refractivity (Wildman–Crippen MR) is 102 cm³/mol. The molecule has 0 spiro atoms. The van der Waals surface area contributed by atoms with Crippen molar-refractivity contribution in [3.63, 3.8) is 0 Å². The number of nitrogens with zero attached hydrogens (tertiary/aromatic N) is 2. The first-order valence-electron chi connectivity index (χ1n) is 8.68. The van der Waals surface area contributed by atoms with Crippen LogP contribution in [0.3, 0.4) is 0 Å². The zero-order chi connectivity index (χ0) is 19.6. The number of aromatic nitrogens is 2. The summed E-state index contributed by atoms with van der Waals surface area (Å²) in [5.74, 6) is -1.14. The molecule has 6 nitrogen and oxygen atoms in total. The predicted octanol–water partition coefficient (Wildman–Crippen LogP) is 3.07. The van der Waals surface area contributed by atoms with Gasteiger partial charge in [-0.05, 0) is 32.9 Å². The Labute approximate surface area is 156 Å². The Morgan fingerprint density at radius 1 is 1.07 bits per heavy atom. The second-order valence-corrected chi connectivity index (χ2v) is 6.35. The van der Waals surface area contributed by atoms with Gasteiger partial charge < -0.3 is 9.30 Å². The lowest BCUT2D eigenvalue weighted by Gasteiger charge is -2.11. The van der Waals surface area contributed by atoms with Crippen LogP contribution < -0.4 is 5.43 Å². The van der Waals surface area contributed by atoms with Crippen LogP contribution in [0.2, 0.25) is 0 Å². The summed E-state index contributed by atoms with van der Waals surface area (Å²) in [4.78, 5) is 41.7. The minimum atomic E-state index is -0.815. The van der Waals surface area contributed by atoms with Gasteiger partial charge in [-0.1, -0.05) is 29.8 Å². The van der Waals surface area contributed by atoms with Crippen LogP contribution in [0.15, 0.2) is 47.4 Å². The summed E-state index contributed by atoms with van der Waals surface area (Å²) >= 11 is 0. The molecule has 0 atom stereocenters. The van der Waals surface area contributed by atoms with E-state index >= 15 is 0 Å². The molecule has 0 N–H and O–H groups in total. The van der Waals surface area contributed by atoms with E-state index in [0.29, 0.717) is 23.1 Å². The molecule has 0 bridgehead atoms. The maximum Gasteiger partial charge on any atom is 0.344 e. The first-order chi connectivity index (χ1) is 12.9. The quantitative estimate of drug-likeness (QED) is 0.513. The number of ether oxygens (including phenoxy) is 1. The first-order valence-corrected chi connectivity index (χ1v) is 8.68. The number of ketones is 1. The highest BCUT2D eigenvalue weighted by Crippen LogP contribution is 2.12. The molecule has 0 radical (unpaired) electrons. The number of rotatable bonds is 5. The Kier molecular flexibility index (Phi) is 5.16. The van der Waals surface area contributed by atoms with E-state index in [-0.39, 0.29) is 11.3 Å². The maximum absolute atomic E-state index is 12.7. The molecule has 1 aromatic carbocycles. The van der Waals surface area contributed by atoms with Crippen molar-refractivity contribution in [3.8, 4) is 0 Å². The third kappa shape index (κ3) is 3.79. The van der Waals surface area contributed by atoms with Gasteiger partial charge in [0.15, 0.2) is 12.4 Å². The number of fused-ring (bicyclic) bond motifs is 1. The minimum absolute atomic E-state index is 0.105. The number of esters is 1. The summed E-state index contributed by atoms with van der Waals surface area (Å²) in [5, 5.41) is 0.349. The average Bonchev–Trinajstić information content (AvgIpc) is 2.66. The highest BCUT2D eigenvalue weighted by molar-refractivity contribution is 5.99. The van der Waals surface area contributed by atoms with Crippen LogP contribution in [0.1, 0.15) is 38.9 Å². The summed E-state index contributed by atoms with van der Waals surface area (Å²) in [5.41, 5.74) is 2.24. The molecule has 3 aromatic rings. The number of carbonyl (C=O) groups excluding carboxylic acids is 2. The Hall–Kier alpha value is -3.28. The smallest absolute Gasteiger partial charge is 0.344 e. The van der Waals surface area contributed by atoms with Gasteiger partial charge >= 0.3 is 5.97 Å². The topological polar surface area (TPSA) is 78.3 Å². The highest BCUT2D eigenvalue weighted by Gasteiger charge is 2.18. The van der Waals surface area contributed by atoms with E-state index in [4.69, 9.17) is 4.74 Å². The molecule has 0 amide bonds. The lowest BCUT2D eigenvalue weighted by Crippen LogP contribution is -2.23. The van der Waals surface area contributed by atoms with Crippen molar-refractivity contribution in [2.24, 2.45) is 0 Å². The van der Waals surface area contributed by atoms with Gasteiger partial charge in [0.05, 0.1) is 5.39 Å². The van der Waals surface area contributed by atoms with Crippen molar-refractivity contribution in [3.05, 3.63) is 75.2 Å². The molecule has 2 aromatic heterocycles. The Morgan fingerprint density at radius 3 is 2.44 bits per heavy atom. The molecule has 27 heavy (non-hydrogen) atoms. The third-order valence-corrected chi connectivity index (χ3v) is 4.33. The SMILES string of the molecule is CCn1cc(C(=O)OCC(=O)c2ccc(C)cc2)c(=O)c2ccc(C)nc21. The van der Waals surface area contributed by atoms with E-state index in [1.54, 1.807) is 28.8 Å². The van der Waals surface area contributed by atoms with Gasteiger partial charge in [0.1, 0.15) is 11.2 Å². The summed E-state index contributed by atoms with van der Waals surface area (Å²) < 4.78 is 6.83. The van der Waals surface area contributed by atoms with Crippen molar-refractivity contribution in [2.75, 3.05) is 6.61 Å². The molecule has 2 heterocycles. The number of benzene rings is 1. The van der Waals surface area contributed by atoms with Crippen molar-refractivity contribution in [1.29, 1.82) is 0 Å². The van der Waals surface area contributed by atoms with Gasteiger partial charge in [-0.3, -0.25) is 9.59 Å². The second kappa shape index (κ2) is 7.53. The molecule has 138 valence electrons. The molecule has 6 heteroatoms. The highest BCUT2D eigenvalue weighted by atomic mass is 16.5. The standard InChI is InChI=1S/C21H20N2O4/c1-4-23-11-17(19(25)16-10-7-14(3)22-20(16)23)21(26)27-12-18(24)15-8-5-13(2)6-9-15/h5-11H,4,12H2,1-3H3. The number of pyridine rings is 2. The molecule has 0 aliphatic carbocycles. The van der Waals surface area contributed by atoms with Crippen LogP contribution in [0.5, 0.6) is 0 Å². The number of hydrogen-bond acceptors (Lipinski definition) is 5. The molecule has 0 saturated heterocycles. The Bertz CT molecular complexity index is 1080. The molecule has 0 unspecified atom stereocenters. The molecule has 3 rings (SSSR count). The van der Waals surface area contributed by atoms with E-state index in [2.05, 4.69) is 4.98 Å². The van der Waals surface area contributed by atoms with Crippen molar-refractivity contribution >= 4 is 22.8 Å². The number of carbonyl (C=O) groups is 2. The van der Waals surface area contributed by atoms with E-state index in [1.807, 2.05) is 32.9 Å². The monoisotopic (exact) mass is 364 g/mol. The molecule has 0 aliphatic rings. The fourth-order valence-electron chi connectivity index (χ4n) is 2.78. The fraction of sp³-hybridized carbons (Fsp3) is 0.238. The summed E-state index contributed by atoms with van der Waals surface area (Å²) in [6.45, 7) is 5.77. The zero-order valence-electron chi connectivity index (χ0n) is 15.5. The Morgan fingerprint density at radius 2 is 1.78 bits per heavy atom. The summed E-state index contributed by atoms with van der Waals surface area (Å²) in [6, 6.07) is 10.4. The lowest BCUT2D eigenvalue weighted by molar-refractivity contribution is 0.0473. The molecule has 0 fully saturated rings. The first kappa shape index (κ1) is 18.5. The van der Waals surface area contributed by atoms with E-state index in [0.717, 1.165) is 11.3 Å².